The predicted molar refractivity (Wildman–Crippen MR) is 90.3 cm³/mol. The van der Waals surface area contributed by atoms with Gasteiger partial charge in [0.1, 0.15) is 5.82 Å². The number of amides is 1. The van der Waals surface area contributed by atoms with Gasteiger partial charge in [-0.3, -0.25) is 4.79 Å². The van der Waals surface area contributed by atoms with Gasteiger partial charge in [-0.25, -0.2) is 4.98 Å². The second kappa shape index (κ2) is 5.93. The average Bonchev–Trinajstić information content (AvgIpc) is 3.13. The van der Waals surface area contributed by atoms with Crippen LogP contribution in [0.1, 0.15) is 30.1 Å². The standard InChI is InChI=1S/C17H19N3OS/c1-17(2,10-18-11-21)12-5-6-14-15(8-12)20-16(19-14)9-13-4-3-7-22-13/h3-8,11H,9-10H2,1-2H3,(H,18,21)(H,19,20). The number of aromatic amines is 1. The van der Waals surface area contributed by atoms with Gasteiger partial charge in [-0.1, -0.05) is 26.0 Å². The molecule has 1 aromatic carbocycles. The molecule has 4 nitrogen and oxygen atoms in total. The summed E-state index contributed by atoms with van der Waals surface area (Å²) in [5.74, 6) is 0.985. The first-order valence-electron chi connectivity index (χ1n) is 7.27. The maximum atomic E-state index is 10.5. The van der Waals surface area contributed by atoms with Crippen molar-refractivity contribution in [3.63, 3.8) is 0 Å². The normalized spacial score (nSPS) is 11.7. The monoisotopic (exact) mass is 313 g/mol. The fourth-order valence-electron chi connectivity index (χ4n) is 2.54. The van der Waals surface area contributed by atoms with E-state index in [0.29, 0.717) is 6.54 Å². The smallest absolute Gasteiger partial charge is 0.207 e. The van der Waals surface area contributed by atoms with Gasteiger partial charge in [-0.05, 0) is 29.1 Å². The Morgan fingerprint density at radius 3 is 2.95 bits per heavy atom. The molecule has 0 saturated carbocycles. The third-order valence-corrected chi connectivity index (χ3v) is 4.74. The Morgan fingerprint density at radius 1 is 1.36 bits per heavy atom. The first kappa shape index (κ1) is 14.8. The fourth-order valence-corrected chi connectivity index (χ4v) is 3.25. The largest absolute Gasteiger partial charge is 0.358 e. The third-order valence-electron chi connectivity index (χ3n) is 3.86. The molecule has 3 aromatic rings. The van der Waals surface area contributed by atoms with Gasteiger partial charge in [-0.15, -0.1) is 11.3 Å². The summed E-state index contributed by atoms with van der Waals surface area (Å²) < 4.78 is 0. The molecule has 0 aliphatic heterocycles. The molecule has 2 heterocycles. The zero-order chi connectivity index (χ0) is 15.6. The molecule has 0 aliphatic rings. The maximum absolute atomic E-state index is 10.5. The lowest BCUT2D eigenvalue weighted by Gasteiger charge is -2.24. The zero-order valence-corrected chi connectivity index (χ0v) is 13.5. The van der Waals surface area contributed by atoms with E-state index >= 15 is 0 Å². The minimum absolute atomic E-state index is 0.117. The molecule has 0 radical (unpaired) electrons. The Bertz CT molecular complexity index is 774. The number of nitrogens with zero attached hydrogens (tertiary/aromatic N) is 1. The maximum Gasteiger partial charge on any atom is 0.207 e. The summed E-state index contributed by atoms with van der Waals surface area (Å²) >= 11 is 1.74. The average molecular weight is 313 g/mol. The van der Waals surface area contributed by atoms with Crippen LogP contribution in [0.4, 0.5) is 0 Å². The highest BCUT2D eigenvalue weighted by Gasteiger charge is 2.21. The van der Waals surface area contributed by atoms with Crippen LogP contribution >= 0.6 is 11.3 Å². The molecule has 3 rings (SSSR count). The van der Waals surface area contributed by atoms with E-state index < -0.39 is 0 Å². The number of carbonyl (C=O) groups excluding carboxylic acids is 1. The van der Waals surface area contributed by atoms with Gasteiger partial charge in [0.2, 0.25) is 6.41 Å². The topological polar surface area (TPSA) is 57.8 Å². The molecule has 0 spiro atoms. The van der Waals surface area contributed by atoms with E-state index in [1.807, 2.05) is 6.07 Å². The molecule has 2 N–H and O–H groups in total. The molecule has 2 aromatic heterocycles. The molecular weight excluding hydrogens is 294 g/mol. The molecule has 1 amide bonds. The molecule has 0 atom stereocenters. The molecule has 22 heavy (non-hydrogen) atoms. The highest BCUT2D eigenvalue weighted by atomic mass is 32.1. The lowest BCUT2D eigenvalue weighted by Crippen LogP contribution is -2.32. The summed E-state index contributed by atoms with van der Waals surface area (Å²) in [4.78, 5) is 19.9. The molecule has 0 aliphatic carbocycles. The lowest BCUT2D eigenvalue weighted by molar-refractivity contribution is -0.109. The first-order chi connectivity index (χ1) is 10.6. The van der Waals surface area contributed by atoms with E-state index in [1.54, 1.807) is 11.3 Å². The summed E-state index contributed by atoms with van der Waals surface area (Å²) in [5, 5.41) is 4.85. The van der Waals surface area contributed by atoms with E-state index in [-0.39, 0.29) is 5.41 Å². The summed E-state index contributed by atoms with van der Waals surface area (Å²) in [7, 11) is 0. The van der Waals surface area contributed by atoms with Crippen molar-refractivity contribution >= 4 is 28.8 Å². The van der Waals surface area contributed by atoms with E-state index in [0.717, 1.165) is 29.7 Å². The van der Waals surface area contributed by atoms with E-state index in [2.05, 4.69) is 58.8 Å². The second-order valence-electron chi connectivity index (χ2n) is 6.05. The van der Waals surface area contributed by atoms with Crippen LogP contribution in [0.25, 0.3) is 11.0 Å². The van der Waals surface area contributed by atoms with Crippen LogP contribution in [0.3, 0.4) is 0 Å². The zero-order valence-electron chi connectivity index (χ0n) is 12.7. The number of thiophene rings is 1. The van der Waals surface area contributed by atoms with E-state index in [9.17, 15) is 4.79 Å². The Morgan fingerprint density at radius 2 is 2.23 bits per heavy atom. The SMILES string of the molecule is CC(C)(CNC=O)c1ccc2nc(Cc3cccs3)[nH]c2c1. The summed E-state index contributed by atoms with van der Waals surface area (Å²) in [6, 6.07) is 10.4. The van der Waals surface area contributed by atoms with Gasteiger partial charge >= 0.3 is 0 Å². The number of carbonyl (C=O) groups is 1. The summed E-state index contributed by atoms with van der Waals surface area (Å²) in [6.07, 6.45) is 1.58. The highest BCUT2D eigenvalue weighted by Crippen LogP contribution is 2.26. The van der Waals surface area contributed by atoms with Crippen LogP contribution in [0.15, 0.2) is 35.7 Å². The molecular formula is C17H19N3OS. The Balaban J connectivity index is 1.88. The number of rotatable bonds is 6. The molecule has 0 bridgehead atoms. The van der Waals surface area contributed by atoms with Gasteiger partial charge in [-0.2, -0.15) is 0 Å². The number of nitrogens with one attached hydrogen (secondary N) is 2. The third kappa shape index (κ3) is 3.04. The summed E-state index contributed by atoms with van der Waals surface area (Å²) in [5.41, 5.74) is 3.09. The minimum Gasteiger partial charge on any atom is -0.358 e. The molecule has 114 valence electrons. The highest BCUT2D eigenvalue weighted by molar-refractivity contribution is 7.09. The van der Waals surface area contributed by atoms with Crippen molar-refractivity contribution in [2.75, 3.05) is 6.54 Å². The van der Waals surface area contributed by atoms with Crippen molar-refractivity contribution < 1.29 is 4.79 Å². The van der Waals surface area contributed by atoms with E-state index in [1.165, 1.54) is 10.4 Å². The lowest BCUT2D eigenvalue weighted by atomic mass is 9.84. The van der Waals surface area contributed by atoms with Crippen LogP contribution in [-0.4, -0.2) is 22.9 Å². The molecule has 0 fully saturated rings. The number of fused-ring (bicyclic) bond motifs is 1. The van der Waals surface area contributed by atoms with Crippen molar-refractivity contribution in [2.24, 2.45) is 0 Å². The van der Waals surface area contributed by atoms with Crippen LogP contribution in [-0.2, 0) is 16.6 Å². The van der Waals surface area contributed by atoms with Crippen LogP contribution in [0.2, 0.25) is 0 Å². The second-order valence-corrected chi connectivity index (χ2v) is 7.09. The number of benzene rings is 1. The first-order valence-corrected chi connectivity index (χ1v) is 8.15. The Kier molecular flexibility index (Phi) is 3.98. The van der Waals surface area contributed by atoms with Gasteiger partial charge in [0.05, 0.1) is 11.0 Å². The van der Waals surface area contributed by atoms with Crippen molar-refractivity contribution in [1.82, 2.24) is 15.3 Å². The quantitative estimate of drug-likeness (QED) is 0.686. The van der Waals surface area contributed by atoms with Crippen LogP contribution in [0, 0.1) is 0 Å². The Labute approximate surface area is 133 Å². The van der Waals surface area contributed by atoms with Crippen LogP contribution in [0.5, 0.6) is 0 Å². The number of hydrogen-bond donors (Lipinski definition) is 2. The molecule has 0 unspecified atom stereocenters. The fraction of sp³-hybridized carbons (Fsp3) is 0.294. The Hall–Kier alpha value is -2.14. The van der Waals surface area contributed by atoms with Crippen molar-refractivity contribution in [1.29, 1.82) is 0 Å². The number of aromatic nitrogens is 2. The van der Waals surface area contributed by atoms with Crippen LogP contribution < -0.4 is 5.32 Å². The van der Waals surface area contributed by atoms with E-state index in [4.69, 9.17) is 0 Å². The van der Waals surface area contributed by atoms with Gasteiger partial charge < -0.3 is 10.3 Å². The molecule has 0 saturated heterocycles. The van der Waals surface area contributed by atoms with Crippen molar-refractivity contribution in [3.8, 4) is 0 Å². The number of H-pyrrole nitrogens is 1. The number of hydrogen-bond acceptors (Lipinski definition) is 3. The predicted octanol–water partition coefficient (Wildman–Crippen LogP) is 3.24. The number of imidazole rings is 1. The molecule has 5 heteroatoms. The summed E-state index contributed by atoms with van der Waals surface area (Å²) in [6.45, 7) is 4.85. The van der Waals surface area contributed by atoms with Gasteiger partial charge in [0.15, 0.2) is 0 Å². The van der Waals surface area contributed by atoms with Crippen molar-refractivity contribution in [3.05, 3.63) is 52.0 Å². The van der Waals surface area contributed by atoms with Gasteiger partial charge in [0, 0.05) is 23.3 Å². The minimum atomic E-state index is -0.117. The van der Waals surface area contributed by atoms with Crippen molar-refractivity contribution in [2.45, 2.75) is 25.7 Å². The van der Waals surface area contributed by atoms with Gasteiger partial charge in [0.25, 0.3) is 0 Å².